The molecule has 1 nitrogen and oxygen atoms in total. The molecule has 2 heteroatoms. The number of pyridine rings is 1. The van der Waals surface area contributed by atoms with Crippen LogP contribution in [0, 0.1) is 5.82 Å². The Hall–Kier alpha value is -6.90. The molecule has 0 unspecified atom stereocenters. The van der Waals surface area contributed by atoms with Gasteiger partial charge in [-0.05, 0) is 113 Å². The zero-order valence-corrected chi connectivity index (χ0v) is 28.6. The number of hydrogen-bond acceptors (Lipinski definition) is 1. The lowest BCUT2D eigenvalue weighted by Gasteiger charge is -2.19. The van der Waals surface area contributed by atoms with Gasteiger partial charge in [0, 0.05) is 21.7 Å². The van der Waals surface area contributed by atoms with E-state index in [2.05, 4.69) is 158 Å². The number of fused-ring (bicyclic) bond motifs is 11. The van der Waals surface area contributed by atoms with E-state index in [1.165, 1.54) is 77.3 Å². The van der Waals surface area contributed by atoms with Crippen LogP contribution in [0.15, 0.2) is 182 Å². The molecule has 11 rings (SSSR count). The van der Waals surface area contributed by atoms with Crippen LogP contribution in [-0.2, 0) is 0 Å². The average molecular weight is 676 g/mol. The molecule has 0 amide bonds. The van der Waals surface area contributed by atoms with Crippen molar-refractivity contribution in [3.63, 3.8) is 0 Å². The smallest absolute Gasteiger partial charge is 0.123 e. The quantitative estimate of drug-likeness (QED) is 0.134. The van der Waals surface area contributed by atoms with Gasteiger partial charge >= 0.3 is 0 Å². The predicted octanol–water partition coefficient (Wildman–Crippen LogP) is 14.3. The number of nitrogens with zero attached hydrogens (tertiary/aromatic N) is 1. The molecule has 0 saturated heterocycles. The highest BCUT2D eigenvalue weighted by atomic mass is 19.1. The van der Waals surface area contributed by atoms with Crippen LogP contribution in [0.5, 0.6) is 0 Å². The molecule has 0 radical (unpaired) electrons. The molecule has 53 heavy (non-hydrogen) atoms. The second kappa shape index (κ2) is 11.6. The number of hydrogen-bond donors (Lipinski definition) is 0. The molecule has 0 spiro atoms. The predicted molar refractivity (Wildman–Crippen MR) is 223 cm³/mol. The van der Waals surface area contributed by atoms with Crippen molar-refractivity contribution in [3.8, 4) is 33.5 Å². The molecule has 0 aliphatic heterocycles. The summed E-state index contributed by atoms with van der Waals surface area (Å²) in [5.74, 6) is -0.262. The summed E-state index contributed by atoms with van der Waals surface area (Å²) in [5.41, 5.74) is 7.40. The van der Waals surface area contributed by atoms with Crippen LogP contribution in [0.4, 0.5) is 4.39 Å². The maximum Gasteiger partial charge on any atom is 0.123 e. The zero-order valence-electron chi connectivity index (χ0n) is 28.6. The number of halogens is 1. The molecule has 0 N–H and O–H groups in total. The first-order chi connectivity index (χ1) is 26.2. The third kappa shape index (κ3) is 4.52. The number of aromatic nitrogens is 1. The van der Waals surface area contributed by atoms with E-state index in [0.29, 0.717) is 0 Å². The van der Waals surface area contributed by atoms with Crippen molar-refractivity contribution in [2.45, 2.75) is 0 Å². The van der Waals surface area contributed by atoms with Gasteiger partial charge in [-0.1, -0.05) is 146 Å². The van der Waals surface area contributed by atoms with E-state index in [0.717, 1.165) is 43.9 Å². The lowest BCUT2D eigenvalue weighted by Crippen LogP contribution is -1.94. The summed E-state index contributed by atoms with van der Waals surface area (Å²) in [6.45, 7) is 0. The molecule has 0 fully saturated rings. The van der Waals surface area contributed by atoms with Gasteiger partial charge in [0.15, 0.2) is 0 Å². The Morgan fingerprint density at radius 2 is 0.774 bits per heavy atom. The van der Waals surface area contributed by atoms with Crippen molar-refractivity contribution >= 4 is 75.5 Å². The molecule has 10 aromatic carbocycles. The Bertz CT molecular complexity index is 3230. The third-order valence-electron chi connectivity index (χ3n) is 11.0. The lowest BCUT2D eigenvalue weighted by atomic mass is 9.85. The molecular weight excluding hydrogens is 646 g/mol. The van der Waals surface area contributed by atoms with Crippen molar-refractivity contribution < 1.29 is 4.39 Å². The van der Waals surface area contributed by atoms with Crippen molar-refractivity contribution in [2.75, 3.05) is 0 Å². The molecule has 0 aliphatic rings. The minimum Gasteiger partial charge on any atom is -0.247 e. The first-order valence-electron chi connectivity index (χ1n) is 18.1. The first kappa shape index (κ1) is 29.8. The largest absolute Gasteiger partial charge is 0.247 e. The van der Waals surface area contributed by atoms with Crippen LogP contribution in [-0.4, -0.2) is 4.98 Å². The van der Waals surface area contributed by atoms with Crippen LogP contribution in [0.25, 0.3) is 109 Å². The standard InChI is InChI=1S/C51H30FN/c52-36-26-23-32(24-27-36)51-50-40-16-6-4-14-38(40)37-13-3-5-15-39(37)49(50)45-28-25-35(30-46(45)53-51)48-43-19-9-7-17-41(43)47(42-18-8-10-20-44(42)48)34-22-21-31-11-1-2-12-33(31)29-34/h1-30H. The van der Waals surface area contributed by atoms with Crippen molar-refractivity contribution in [1.82, 2.24) is 4.98 Å². The minimum absolute atomic E-state index is 0.262. The maximum absolute atomic E-state index is 14.3. The summed E-state index contributed by atoms with van der Waals surface area (Å²) in [6, 6.07) is 63.7. The van der Waals surface area contributed by atoms with E-state index in [-0.39, 0.29) is 5.82 Å². The summed E-state index contributed by atoms with van der Waals surface area (Å²) in [4.78, 5) is 5.48. The summed E-state index contributed by atoms with van der Waals surface area (Å²) >= 11 is 0. The van der Waals surface area contributed by atoms with Crippen LogP contribution in [0.2, 0.25) is 0 Å². The summed E-state index contributed by atoms with van der Waals surface area (Å²) < 4.78 is 14.3. The Labute approximate surface area is 305 Å². The van der Waals surface area contributed by atoms with Crippen LogP contribution in [0.1, 0.15) is 0 Å². The summed E-state index contributed by atoms with van der Waals surface area (Å²) in [7, 11) is 0. The molecule has 246 valence electrons. The fourth-order valence-corrected chi connectivity index (χ4v) is 8.75. The van der Waals surface area contributed by atoms with Crippen LogP contribution in [0.3, 0.4) is 0 Å². The van der Waals surface area contributed by atoms with Gasteiger partial charge in [-0.25, -0.2) is 9.37 Å². The second-order valence-corrected chi connectivity index (χ2v) is 13.9. The zero-order chi connectivity index (χ0) is 35.0. The van der Waals surface area contributed by atoms with Crippen molar-refractivity contribution in [1.29, 1.82) is 0 Å². The summed E-state index contributed by atoms with van der Waals surface area (Å²) in [6.07, 6.45) is 0. The third-order valence-corrected chi connectivity index (χ3v) is 11.0. The normalized spacial score (nSPS) is 11.9. The van der Waals surface area contributed by atoms with E-state index in [9.17, 15) is 4.39 Å². The lowest BCUT2D eigenvalue weighted by molar-refractivity contribution is 0.628. The molecule has 0 bridgehead atoms. The maximum atomic E-state index is 14.3. The second-order valence-electron chi connectivity index (χ2n) is 13.9. The van der Waals surface area contributed by atoms with E-state index >= 15 is 0 Å². The highest BCUT2D eigenvalue weighted by Crippen LogP contribution is 2.47. The minimum atomic E-state index is -0.262. The average Bonchev–Trinajstić information content (AvgIpc) is 3.22. The SMILES string of the molecule is Fc1ccc(-c2nc3cc(-c4c5ccccc5c(-c5ccc6ccccc6c5)c5ccccc45)ccc3c3c4ccccc4c4ccccc4c23)cc1. The van der Waals surface area contributed by atoms with Gasteiger partial charge in [0.2, 0.25) is 0 Å². The monoisotopic (exact) mass is 675 g/mol. The molecule has 0 atom stereocenters. The van der Waals surface area contributed by atoms with Gasteiger partial charge in [-0.2, -0.15) is 0 Å². The Morgan fingerprint density at radius 1 is 0.321 bits per heavy atom. The van der Waals surface area contributed by atoms with Crippen LogP contribution >= 0.6 is 0 Å². The van der Waals surface area contributed by atoms with E-state index in [1.54, 1.807) is 0 Å². The molecule has 0 saturated carbocycles. The first-order valence-corrected chi connectivity index (χ1v) is 18.1. The highest BCUT2D eigenvalue weighted by Gasteiger charge is 2.20. The Morgan fingerprint density at radius 3 is 1.38 bits per heavy atom. The molecule has 11 aromatic rings. The van der Waals surface area contributed by atoms with Gasteiger partial charge in [-0.15, -0.1) is 0 Å². The van der Waals surface area contributed by atoms with Gasteiger partial charge < -0.3 is 0 Å². The molecule has 1 aromatic heterocycles. The van der Waals surface area contributed by atoms with Gasteiger partial charge in [0.1, 0.15) is 5.82 Å². The Balaban J connectivity index is 1.25. The van der Waals surface area contributed by atoms with Crippen molar-refractivity contribution in [3.05, 3.63) is 188 Å². The number of rotatable bonds is 3. The van der Waals surface area contributed by atoms with E-state index < -0.39 is 0 Å². The molecule has 0 aliphatic carbocycles. The van der Waals surface area contributed by atoms with Crippen LogP contribution < -0.4 is 0 Å². The van der Waals surface area contributed by atoms with Gasteiger partial charge in [-0.3, -0.25) is 0 Å². The Kier molecular flexibility index (Phi) is 6.50. The van der Waals surface area contributed by atoms with E-state index in [1.807, 2.05) is 12.1 Å². The van der Waals surface area contributed by atoms with Gasteiger partial charge in [0.25, 0.3) is 0 Å². The highest BCUT2D eigenvalue weighted by molar-refractivity contribution is 6.34. The molecular formula is C51H30FN. The van der Waals surface area contributed by atoms with Gasteiger partial charge in [0.05, 0.1) is 11.2 Å². The summed E-state index contributed by atoms with van der Waals surface area (Å²) in [5, 5.41) is 15.3. The van der Waals surface area contributed by atoms with Crippen molar-refractivity contribution in [2.24, 2.45) is 0 Å². The molecule has 1 heterocycles. The number of benzene rings is 10. The van der Waals surface area contributed by atoms with E-state index in [4.69, 9.17) is 4.98 Å². The topological polar surface area (TPSA) is 12.9 Å². The fraction of sp³-hybridized carbons (Fsp3) is 0. The fourth-order valence-electron chi connectivity index (χ4n) is 8.75.